The third-order valence-electron chi connectivity index (χ3n) is 12.2. The van der Waals surface area contributed by atoms with E-state index in [4.69, 9.17) is 23.9 Å². The zero-order valence-electron chi connectivity index (χ0n) is 35.0. The molecular weight excluding hydrogens is 828 g/mol. The summed E-state index contributed by atoms with van der Waals surface area (Å²) in [7, 11) is 4.64. The van der Waals surface area contributed by atoms with Crippen molar-refractivity contribution in [3.8, 4) is 33.4 Å². The van der Waals surface area contributed by atoms with Crippen LogP contribution in [0.4, 0.5) is 4.39 Å². The highest BCUT2D eigenvalue weighted by Crippen LogP contribution is 2.44. The van der Waals surface area contributed by atoms with Gasteiger partial charge in [-0.2, -0.15) is 11.8 Å². The number of para-hydroxylation sites is 1. The fourth-order valence-corrected chi connectivity index (χ4v) is 11.4. The van der Waals surface area contributed by atoms with Crippen LogP contribution >= 0.6 is 23.1 Å². The first-order valence-corrected chi connectivity index (χ1v) is 22.8. The lowest BCUT2D eigenvalue weighted by atomic mass is 9.81. The van der Waals surface area contributed by atoms with E-state index in [2.05, 4.69) is 6.07 Å². The van der Waals surface area contributed by atoms with Crippen molar-refractivity contribution in [1.29, 1.82) is 0 Å². The lowest BCUT2D eigenvalue weighted by Gasteiger charge is -2.35. The largest absolute Gasteiger partial charge is 0.496 e. The molecule has 3 aliphatic rings. The Bertz CT molecular complexity index is 2830. The number of carbonyl (C=O) groups excluding carboxylic acids is 1. The number of aliphatic imine (C=N–C) groups is 1. The van der Waals surface area contributed by atoms with Crippen molar-refractivity contribution in [3.63, 3.8) is 0 Å². The summed E-state index contributed by atoms with van der Waals surface area (Å²) in [6, 6.07) is 25.5. The molecule has 0 N–H and O–H groups in total. The number of halogens is 1. The molecule has 6 aromatic rings. The number of aromatic nitrogens is 2. The second-order valence-electron chi connectivity index (χ2n) is 15.7. The van der Waals surface area contributed by atoms with Crippen molar-refractivity contribution in [1.82, 2.24) is 14.0 Å². The third kappa shape index (κ3) is 7.57. The van der Waals surface area contributed by atoms with Gasteiger partial charge in [-0.05, 0) is 97.7 Å². The maximum atomic E-state index is 14.9. The summed E-state index contributed by atoms with van der Waals surface area (Å²) in [5.41, 5.74) is 5.54. The molecule has 2 aromatic heterocycles. The second kappa shape index (κ2) is 17.5. The van der Waals surface area contributed by atoms with Gasteiger partial charge in [-0.3, -0.25) is 23.7 Å². The van der Waals surface area contributed by atoms with E-state index in [0.717, 1.165) is 51.0 Å². The minimum atomic E-state index is -0.545. The zero-order valence-corrected chi connectivity index (χ0v) is 36.7. The standard InChI is InChI=1S/C48H47FN4O7S2/c1-5-60-42-23-33-34(24-41(42)59-4)44(50-37-18-21-61-27-35(33)37)29-11-13-30(14-12-29)46(54)51-19-16-31(17-20-51)53-47(55)45-38(25-43(62-45)32-8-6-7-9-39(32)57-2)52(48(53)56)26-28-10-15-40(58-3)36(49)22-28/h6-15,22-25,31,35,37H,5,16-21,26-27H2,1-4H3/t35-,37-/m1/s1. The molecule has 0 aliphatic carbocycles. The molecule has 1 amide bonds. The van der Waals surface area contributed by atoms with E-state index in [1.165, 1.54) is 40.7 Å². The summed E-state index contributed by atoms with van der Waals surface area (Å²) >= 11 is 3.25. The molecule has 3 aliphatic heterocycles. The summed E-state index contributed by atoms with van der Waals surface area (Å²) in [6.45, 7) is 3.26. The topological polar surface area (TPSA) is 114 Å². The van der Waals surface area contributed by atoms with E-state index in [0.29, 0.717) is 71.3 Å². The molecule has 62 heavy (non-hydrogen) atoms. The van der Waals surface area contributed by atoms with Crippen LogP contribution in [-0.2, 0) is 6.54 Å². The first kappa shape index (κ1) is 41.5. The van der Waals surface area contributed by atoms with Gasteiger partial charge in [-0.25, -0.2) is 9.18 Å². The van der Waals surface area contributed by atoms with Gasteiger partial charge < -0.3 is 23.8 Å². The molecule has 0 spiro atoms. The molecule has 320 valence electrons. The lowest BCUT2D eigenvalue weighted by Crippen LogP contribution is -2.46. The van der Waals surface area contributed by atoms with Crippen molar-refractivity contribution in [2.75, 3.05) is 52.5 Å². The van der Waals surface area contributed by atoms with Gasteiger partial charge in [0, 0.05) is 57.9 Å². The summed E-state index contributed by atoms with van der Waals surface area (Å²) in [4.78, 5) is 50.7. The average Bonchev–Trinajstić information content (AvgIpc) is 3.76. The monoisotopic (exact) mass is 874 g/mol. The molecule has 11 nitrogen and oxygen atoms in total. The number of carbonyl (C=O) groups is 1. The molecule has 2 saturated heterocycles. The zero-order chi connectivity index (χ0) is 43.1. The first-order valence-electron chi connectivity index (χ1n) is 20.9. The van der Waals surface area contributed by atoms with Crippen molar-refractivity contribution in [2.24, 2.45) is 4.99 Å². The smallest absolute Gasteiger partial charge is 0.332 e. The summed E-state index contributed by atoms with van der Waals surface area (Å²) in [5, 5.41) is 0. The highest BCUT2D eigenvalue weighted by molar-refractivity contribution is 7.99. The Labute approximate surface area is 366 Å². The molecule has 4 aromatic carbocycles. The maximum absolute atomic E-state index is 14.9. The number of likely N-dealkylation sites (tertiary alicyclic amines) is 1. The predicted octanol–water partition coefficient (Wildman–Crippen LogP) is 8.42. The number of nitrogens with zero attached hydrogens (tertiary/aromatic N) is 4. The number of fused-ring (bicyclic) bond motifs is 4. The molecule has 9 rings (SSSR count). The van der Waals surface area contributed by atoms with Crippen molar-refractivity contribution >= 4 is 44.9 Å². The van der Waals surface area contributed by atoms with E-state index < -0.39 is 17.5 Å². The van der Waals surface area contributed by atoms with Gasteiger partial charge in [0.2, 0.25) is 0 Å². The number of piperidine rings is 1. The number of thioether (sulfide) groups is 1. The minimum Gasteiger partial charge on any atom is -0.496 e. The van der Waals surface area contributed by atoms with Crippen LogP contribution in [0.25, 0.3) is 20.7 Å². The minimum absolute atomic E-state index is 0.0338. The number of benzene rings is 4. The fourth-order valence-electron chi connectivity index (χ4n) is 9.05. The number of hydrogen-bond acceptors (Lipinski definition) is 10. The number of hydrogen-bond donors (Lipinski definition) is 0. The Hall–Kier alpha value is -5.86. The molecule has 0 saturated carbocycles. The van der Waals surface area contributed by atoms with E-state index in [1.54, 1.807) is 29.8 Å². The SMILES string of the molecule is CCOc1cc2c(cc1OC)C(c1ccc(C(=O)N3CCC(n4c(=O)c5sc(-c6ccccc6OC)cc5n(Cc5ccc(OC)c(F)c5)c4=O)CC3)cc1)=N[C@@H]1CCSC[C@H]21. The highest BCUT2D eigenvalue weighted by atomic mass is 32.2. The second-order valence-corrected chi connectivity index (χ2v) is 17.9. The number of rotatable bonds is 11. The van der Waals surface area contributed by atoms with Gasteiger partial charge in [0.1, 0.15) is 10.4 Å². The number of methoxy groups -OCH3 is 3. The van der Waals surface area contributed by atoms with E-state index in [9.17, 15) is 18.8 Å². The summed E-state index contributed by atoms with van der Waals surface area (Å²) in [6.07, 6.45) is 1.81. The van der Waals surface area contributed by atoms with Gasteiger partial charge in [0.15, 0.2) is 23.1 Å². The van der Waals surface area contributed by atoms with Crippen LogP contribution in [0, 0.1) is 5.82 Å². The quantitative estimate of drug-likeness (QED) is 0.128. The van der Waals surface area contributed by atoms with E-state index >= 15 is 0 Å². The van der Waals surface area contributed by atoms with Crippen molar-refractivity contribution in [2.45, 2.75) is 50.7 Å². The van der Waals surface area contributed by atoms with Crippen LogP contribution < -0.4 is 30.2 Å². The fraction of sp³-hybridized carbons (Fsp3) is 0.333. The first-order chi connectivity index (χ1) is 30.2. The van der Waals surface area contributed by atoms with Gasteiger partial charge in [0.25, 0.3) is 11.5 Å². The summed E-state index contributed by atoms with van der Waals surface area (Å²) < 4.78 is 40.6. The maximum Gasteiger partial charge on any atom is 0.332 e. The number of amides is 1. The van der Waals surface area contributed by atoms with Crippen LogP contribution in [0.2, 0.25) is 0 Å². The van der Waals surface area contributed by atoms with Gasteiger partial charge >= 0.3 is 5.69 Å². The van der Waals surface area contributed by atoms with Crippen LogP contribution in [0.3, 0.4) is 0 Å². The third-order valence-corrected chi connectivity index (χ3v) is 14.5. The normalized spacial score (nSPS) is 17.6. The Morgan fingerprint density at radius 2 is 1.60 bits per heavy atom. The molecular formula is C48H47FN4O7S2. The Morgan fingerprint density at radius 3 is 2.32 bits per heavy atom. The van der Waals surface area contributed by atoms with Crippen LogP contribution in [-0.4, -0.2) is 84.2 Å². The highest BCUT2D eigenvalue weighted by Gasteiger charge is 2.35. The van der Waals surface area contributed by atoms with E-state index in [-0.39, 0.29) is 29.8 Å². The predicted molar refractivity (Wildman–Crippen MR) is 243 cm³/mol. The van der Waals surface area contributed by atoms with Crippen LogP contribution in [0.5, 0.6) is 23.0 Å². The number of thiophene rings is 1. The molecule has 2 atom stereocenters. The number of ether oxygens (including phenoxy) is 4. The average molecular weight is 875 g/mol. The lowest BCUT2D eigenvalue weighted by molar-refractivity contribution is 0.0691. The Morgan fingerprint density at radius 1 is 0.839 bits per heavy atom. The van der Waals surface area contributed by atoms with Crippen LogP contribution in [0.1, 0.15) is 70.8 Å². The molecule has 0 unspecified atom stereocenters. The molecule has 2 fully saturated rings. The Balaban J connectivity index is 0.984. The van der Waals surface area contributed by atoms with Crippen molar-refractivity contribution < 1.29 is 28.1 Å². The summed E-state index contributed by atoms with van der Waals surface area (Å²) in [5.74, 6) is 3.83. The molecule has 5 heterocycles. The van der Waals surface area contributed by atoms with E-state index in [1.807, 2.05) is 79.3 Å². The van der Waals surface area contributed by atoms with Crippen molar-refractivity contribution in [3.05, 3.63) is 139 Å². The molecule has 14 heteroatoms. The van der Waals surface area contributed by atoms with Gasteiger partial charge in [-0.15, -0.1) is 11.3 Å². The van der Waals surface area contributed by atoms with Gasteiger partial charge in [-0.1, -0.05) is 30.3 Å². The molecule has 0 radical (unpaired) electrons. The Kier molecular flexibility index (Phi) is 11.7. The molecule has 0 bridgehead atoms. The van der Waals surface area contributed by atoms with Gasteiger partial charge in [0.05, 0.1) is 51.8 Å². The van der Waals surface area contributed by atoms with Crippen LogP contribution in [0.15, 0.2) is 99.5 Å².